The van der Waals surface area contributed by atoms with Crippen molar-refractivity contribution in [3.63, 3.8) is 0 Å². The van der Waals surface area contributed by atoms with Crippen molar-refractivity contribution in [1.29, 1.82) is 0 Å². The third-order valence-electron chi connectivity index (χ3n) is 6.25. The van der Waals surface area contributed by atoms with Gasteiger partial charge in [0.2, 0.25) is 0 Å². The first kappa shape index (κ1) is 22.5. The van der Waals surface area contributed by atoms with Gasteiger partial charge in [0.05, 0.1) is 12.7 Å². The van der Waals surface area contributed by atoms with Gasteiger partial charge in [-0.15, -0.1) is 0 Å². The lowest BCUT2D eigenvalue weighted by atomic mass is 9.89. The fourth-order valence-electron chi connectivity index (χ4n) is 4.43. The molecule has 1 saturated heterocycles. The maximum absolute atomic E-state index is 15.0. The van der Waals surface area contributed by atoms with Crippen molar-refractivity contribution in [3.8, 4) is 22.5 Å². The second-order valence-corrected chi connectivity index (χ2v) is 8.59. The van der Waals surface area contributed by atoms with E-state index in [0.717, 1.165) is 44.1 Å². The van der Waals surface area contributed by atoms with Crippen molar-refractivity contribution < 1.29 is 13.5 Å². The van der Waals surface area contributed by atoms with E-state index in [1.807, 2.05) is 12.1 Å². The number of nitrogens with zero attached hydrogens (tertiary/aromatic N) is 2. The maximum Gasteiger partial charge on any atom is 0.167 e. The fourth-order valence-corrected chi connectivity index (χ4v) is 4.43. The third-order valence-corrected chi connectivity index (χ3v) is 6.25. The standard InChI is InChI=1S/C27H30F2N2O/c1-3-5-18-7-9-19(10-8-18)27-30-15-21(16-31-27)24-14-13-23(25(28)26(24)29)20-11-12-22(6-4-2)32-17-20/h7-10,13-16,20,22H,3-6,11-12,17H2,1-2H3. The molecule has 0 amide bonds. The molecule has 3 aromatic rings. The average molecular weight is 437 g/mol. The highest BCUT2D eigenvalue weighted by Gasteiger charge is 2.27. The van der Waals surface area contributed by atoms with Gasteiger partial charge >= 0.3 is 0 Å². The summed E-state index contributed by atoms with van der Waals surface area (Å²) in [4.78, 5) is 8.78. The number of hydrogen-bond acceptors (Lipinski definition) is 3. The molecule has 1 aromatic heterocycles. The van der Waals surface area contributed by atoms with Gasteiger partial charge < -0.3 is 4.74 Å². The van der Waals surface area contributed by atoms with Gasteiger partial charge in [-0.05, 0) is 36.8 Å². The van der Waals surface area contributed by atoms with E-state index < -0.39 is 11.6 Å². The van der Waals surface area contributed by atoms with Crippen LogP contribution >= 0.6 is 0 Å². The predicted molar refractivity (Wildman–Crippen MR) is 123 cm³/mol. The summed E-state index contributed by atoms with van der Waals surface area (Å²) in [5.74, 6) is -1.18. The van der Waals surface area contributed by atoms with Crippen LogP contribution in [0.25, 0.3) is 22.5 Å². The van der Waals surface area contributed by atoms with Crippen LogP contribution in [0.3, 0.4) is 0 Å². The van der Waals surface area contributed by atoms with Gasteiger partial charge in [-0.1, -0.05) is 63.1 Å². The Morgan fingerprint density at radius 1 is 0.875 bits per heavy atom. The molecule has 0 bridgehead atoms. The lowest BCUT2D eigenvalue weighted by Gasteiger charge is -2.29. The summed E-state index contributed by atoms with van der Waals surface area (Å²) in [7, 11) is 0. The first-order valence-electron chi connectivity index (χ1n) is 11.6. The summed E-state index contributed by atoms with van der Waals surface area (Å²) >= 11 is 0. The largest absolute Gasteiger partial charge is 0.378 e. The lowest BCUT2D eigenvalue weighted by Crippen LogP contribution is -2.25. The van der Waals surface area contributed by atoms with Crippen molar-refractivity contribution in [2.45, 2.75) is 64.4 Å². The molecule has 3 nitrogen and oxygen atoms in total. The van der Waals surface area contributed by atoms with Crippen LogP contribution < -0.4 is 0 Å². The van der Waals surface area contributed by atoms with E-state index in [2.05, 4.69) is 35.9 Å². The molecule has 1 aliphatic rings. The Morgan fingerprint density at radius 2 is 1.62 bits per heavy atom. The second-order valence-electron chi connectivity index (χ2n) is 8.59. The maximum atomic E-state index is 15.0. The van der Waals surface area contributed by atoms with Gasteiger partial charge in [0, 0.05) is 35.0 Å². The van der Waals surface area contributed by atoms with Crippen LogP contribution in [0.2, 0.25) is 0 Å². The molecule has 2 aromatic carbocycles. The molecule has 1 fully saturated rings. The third kappa shape index (κ3) is 4.88. The molecule has 0 spiro atoms. The minimum absolute atomic E-state index is 0.110. The monoisotopic (exact) mass is 436 g/mol. The van der Waals surface area contributed by atoms with Crippen molar-refractivity contribution in [1.82, 2.24) is 9.97 Å². The van der Waals surface area contributed by atoms with Crippen LogP contribution in [0.5, 0.6) is 0 Å². The molecule has 2 atom stereocenters. The summed E-state index contributed by atoms with van der Waals surface area (Å²) in [5.41, 5.74) is 3.21. The van der Waals surface area contributed by atoms with E-state index in [-0.39, 0.29) is 17.6 Å². The van der Waals surface area contributed by atoms with Gasteiger partial charge in [0.25, 0.3) is 0 Å². The molecule has 5 heteroatoms. The highest BCUT2D eigenvalue weighted by atomic mass is 19.2. The minimum Gasteiger partial charge on any atom is -0.378 e. The summed E-state index contributed by atoms with van der Waals surface area (Å²) in [6.45, 7) is 4.72. The molecular formula is C27H30F2N2O. The number of aryl methyl sites for hydroxylation is 1. The van der Waals surface area contributed by atoms with E-state index in [9.17, 15) is 8.78 Å². The molecule has 4 rings (SSSR count). The summed E-state index contributed by atoms with van der Waals surface area (Å²) in [6, 6.07) is 11.4. The zero-order chi connectivity index (χ0) is 22.5. The minimum atomic E-state index is -0.849. The van der Waals surface area contributed by atoms with Crippen molar-refractivity contribution in [2.24, 2.45) is 0 Å². The van der Waals surface area contributed by atoms with Crippen LogP contribution in [0, 0.1) is 11.6 Å². The molecule has 168 valence electrons. The van der Waals surface area contributed by atoms with E-state index in [0.29, 0.717) is 23.6 Å². The molecule has 2 unspecified atom stereocenters. The first-order chi connectivity index (χ1) is 15.6. The molecule has 1 aliphatic heterocycles. The Kier molecular flexibility index (Phi) is 7.26. The number of aromatic nitrogens is 2. The molecule has 2 heterocycles. The van der Waals surface area contributed by atoms with Crippen LogP contribution in [0.15, 0.2) is 48.8 Å². The quantitative estimate of drug-likeness (QED) is 0.396. The lowest BCUT2D eigenvalue weighted by molar-refractivity contribution is -0.00181. The van der Waals surface area contributed by atoms with Gasteiger partial charge in [-0.3, -0.25) is 0 Å². The molecule has 0 radical (unpaired) electrons. The van der Waals surface area contributed by atoms with Gasteiger partial charge in [0.15, 0.2) is 17.5 Å². The highest BCUT2D eigenvalue weighted by molar-refractivity contribution is 5.65. The molecule has 0 N–H and O–H groups in total. The number of halogens is 2. The first-order valence-corrected chi connectivity index (χ1v) is 11.6. The van der Waals surface area contributed by atoms with E-state index in [1.54, 1.807) is 24.5 Å². The summed E-state index contributed by atoms with van der Waals surface area (Å²) in [6.07, 6.45) is 9.26. The zero-order valence-corrected chi connectivity index (χ0v) is 18.8. The smallest absolute Gasteiger partial charge is 0.167 e. The van der Waals surface area contributed by atoms with Crippen molar-refractivity contribution >= 4 is 0 Å². The van der Waals surface area contributed by atoms with Gasteiger partial charge in [-0.2, -0.15) is 0 Å². The summed E-state index contributed by atoms with van der Waals surface area (Å²) in [5, 5.41) is 0. The average Bonchev–Trinajstić information content (AvgIpc) is 2.83. The number of ether oxygens (including phenoxy) is 1. The van der Waals surface area contributed by atoms with Crippen molar-refractivity contribution in [3.05, 3.63) is 71.6 Å². The Balaban J connectivity index is 1.51. The van der Waals surface area contributed by atoms with E-state index in [1.165, 1.54) is 5.56 Å². The number of hydrogen-bond donors (Lipinski definition) is 0. The Hall–Kier alpha value is -2.66. The highest BCUT2D eigenvalue weighted by Crippen LogP contribution is 2.34. The number of benzene rings is 2. The SMILES string of the molecule is CCCc1ccc(-c2ncc(-c3ccc(C4CCC(CCC)OC4)c(F)c3F)cn2)cc1. The van der Waals surface area contributed by atoms with Crippen molar-refractivity contribution in [2.75, 3.05) is 6.61 Å². The summed E-state index contributed by atoms with van der Waals surface area (Å²) < 4.78 is 35.8. The fraction of sp³-hybridized carbons (Fsp3) is 0.407. The Bertz CT molecular complexity index is 1030. The van der Waals surface area contributed by atoms with Crippen LogP contribution in [-0.2, 0) is 11.2 Å². The Labute approximate surface area is 188 Å². The van der Waals surface area contributed by atoms with Crippen LogP contribution in [0.4, 0.5) is 8.78 Å². The van der Waals surface area contributed by atoms with Crippen LogP contribution in [-0.4, -0.2) is 22.7 Å². The molecule has 0 aliphatic carbocycles. The topological polar surface area (TPSA) is 35.0 Å². The molecule has 32 heavy (non-hydrogen) atoms. The van der Waals surface area contributed by atoms with E-state index in [4.69, 9.17) is 4.74 Å². The molecular weight excluding hydrogens is 406 g/mol. The van der Waals surface area contributed by atoms with Gasteiger partial charge in [0.1, 0.15) is 0 Å². The predicted octanol–water partition coefficient (Wildman–Crippen LogP) is 7.10. The molecule has 0 saturated carbocycles. The second kappa shape index (κ2) is 10.3. The van der Waals surface area contributed by atoms with E-state index >= 15 is 0 Å². The van der Waals surface area contributed by atoms with Crippen LogP contribution in [0.1, 0.15) is 63.0 Å². The number of rotatable bonds is 7. The normalized spacial score (nSPS) is 18.6. The zero-order valence-electron chi connectivity index (χ0n) is 18.8. The van der Waals surface area contributed by atoms with Gasteiger partial charge in [-0.25, -0.2) is 18.7 Å². The Morgan fingerprint density at radius 3 is 2.25 bits per heavy atom.